The monoisotopic (exact) mass is 275 g/mol. The van der Waals surface area contributed by atoms with Crippen molar-refractivity contribution in [3.8, 4) is 0 Å². The van der Waals surface area contributed by atoms with Crippen molar-refractivity contribution in [3.63, 3.8) is 0 Å². The molecule has 1 spiro atoms. The van der Waals surface area contributed by atoms with Crippen molar-refractivity contribution in [1.29, 1.82) is 0 Å². The van der Waals surface area contributed by atoms with Crippen LogP contribution < -0.4 is 0 Å². The number of benzene rings is 1. The summed E-state index contributed by atoms with van der Waals surface area (Å²) in [6.45, 7) is 1.81. The van der Waals surface area contributed by atoms with Crippen LogP contribution in [-0.2, 0) is 16.0 Å². The fourth-order valence-electron chi connectivity index (χ4n) is 3.25. The van der Waals surface area contributed by atoms with Crippen LogP contribution in [0.3, 0.4) is 0 Å². The fraction of sp³-hybridized carbons (Fsp3) is 0.562. The van der Waals surface area contributed by atoms with Crippen molar-refractivity contribution in [2.75, 3.05) is 19.7 Å². The van der Waals surface area contributed by atoms with E-state index in [4.69, 9.17) is 4.74 Å². The molecule has 2 aliphatic rings. The van der Waals surface area contributed by atoms with Crippen LogP contribution in [0, 0.1) is 0 Å². The summed E-state index contributed by atoms with van der Waals surface area (Å²) in [5, 5.41) is 10.3. The highest BCUT2D eigenvalue weighted by atomic mass is 16.5. The molecular formula is C16H21NO3. The van der Waals surface area contributed by atoms with E-state index in [0.29, 0.717) is 19.5 Å². The van der Waals surface area contributed by atoms with Gasteiger partial charge in [-0.3, -0.25) is 4.79 Å². The van der Waals surface area contributed by atoms with Gasteiger partial charge in [0.1, 0.15) is 6.10 Å². The summed E-state index contributed by atoms with van der Waals surface area (Å²) < 4.78 is 5.75. The third kappa shape index (κ3) is 2.58. The number of rotatable bonds is 2. The Balaban J connectivity index is 1.61. The number of carbonyl (C=O) groups excluding carboxylic acids is 1. The second-order valence-corrected chi connectivity index (χ2v) is 5.78. The number of hydrogen-bond donors (Lipinski definition) is 1. The van der Waals surface area contributed by atoms with Crippen molar-refractivity contribution < 1.29 is 14.6 Å². The van der Waals surface area contributed by atoms with Gasteiger partial charge in [0.2, 0.25) is 5.91 Å². The van der Waals surface area contributed by atoms with Crippen LogP contribution in [0.4, 0.5) is 0 Å². The Hall–Kier alpha value is -1.39. The molecule has 2 atom stereocenters. The van der Waals surface area contributed by atoms with Crippen molar-refractivity contribution in [2.45, 2.75) is 37.4 Å². The van der Waals surface area contributed by atoms with E-state index >= 15 is 0 Å². The van der Waals surface area contributed by atoms with Crippen molar-refractivity contribution >= 4 is 5.91 Å². The van der Waals surface area contributed by atoms with Crippen LogP contribution in [-0.4, -0.2) is 47.3 Å². The van der Waals surface area contributed by atoms with E-state index in [9.17, 15) is 9.90 Å². The lowest BCUT2D eigenvalue weighted by Gasteiger charge is -2.42. The van der Waals surface area contributed by atoms with Gasteiger partial charge in [0.05, 0.1) is 12.0 Å². The van der Waals surface area contributed by atoms with Crippen LogP contribution >= 0.6 is 0 Å². The Labute approximate surface area is 119 Å². The Morgan fingerprint density at radius 3 is 2.80 bits per heavy atom. The largest absolute Gasteiger partial charge is 0.388 e. The SMILES string of the molecule is O=C(Cc1ccccc1)N1CC[C@@]2(CCCO2)[C@@H](O)C1. The third-order valence-electron chi connectivity index (χ3n) is 4.49. The normalized spacial score (nSPS) is 29.9. The number of hydrogen-bond acceptors (Lipinski definition) is 3. The quantitative estimate of drug-likeness (QED) is 0.887. The molecule has 0 bridgehead atoms. The van der Waals surface area contributed by atoms with Gasteiger partial charge in [-0.25, -0.2) is 0 Å². The first kappa shape index (κ1) is 13.6. The molecular weight excluding hydrogens is 254 g/mol. The maximum Gasteiger partial charge on any atom is 0.227 e. The van der Waals surface area contributed by atoms with Gasteiger partial charge in [0.25, 0.3) is 0 Å². The molecule has 1 aromatic rings. The minimum Gasteiger partial charge on any atom is -0.388 e. The molecule has 0 aliphatic carbocycles. The molecule has 2 saturated heterocycles. The predicted molar refractivity (Wildman–Crippen MR) is 75.3 cm³/mol. The van der Waals surface area contributed by atoms with Gasteiger partial charge >= 0.3 is 0 Å². The van der Waals surface area contributed by atoms with Crippen LogP contribution in [0.2, 0.25) is 0 Å². The number of piperidine rings is 1. The summed E-state index contributed by atoms with van der Waals surface area (Å²) in [6.07, 6.45) is 2.51. The zero-order valence-corrected chi connectivity index (χ0v) is 11.6. The van der Waals surface area contributed by atoms with Crippen LogP contribution in [0.5, 0.6) is 0 Å². The highest BCUT2D eigenvalue weighted by Crippen LogP contribution is 2.36. The predicted octanol–water partition coefficient (Wildman–Crippen LogP) is 1.37. The van der Waals surface area contributed by atoms with Gasteiger partial charge in [-0.15, -0.1) is 0 Å². The zero-order valence-electron chi connectivity index (χ0n) is 11.6. The van der Waals surface area contributed by atoms with E-state index in [-0.39, 0.29) is 11.5 Å². The number of carbonyl (C=O) groups is 1. The summed E-state index contributed by atoms with van der Waals surface area (Å²) in [7, 11) is 0. The van der Waals surface area contributed by atoms with Crippen molar-refractivity contribution in [3.05, 3.63) is 35.9 Å². The van der Waals surface area contributed by atoms with E-state index in [2.05, 4.69) is 0 Å². The molecule has 0 saturated carbocycles. The standard InChI is InChI=1S/C16H21NO3/c18-14-12-17(9-8-16(14)7-4-10-20-16)15(19)11-13-5-2-1-3-6-13/h1-3,5-6,14,18H,4,7-12H2/t14-,16-/m0/s1. The summed E-state index contributed by atoms with van der Waals surface area (Å²) in [4.78, 5) is 14.1. The van der Waals surface area contributed by atoms with Gasteiger partial charge < -0.3 is 14.7 Å². The maximum absolute atomic E-state index is 12.3. The Bertz CT molecular complexity index is 468. The third-order valence-corrected chi connectivity index (χ3v) is 4.49. The number of β-amino-alcohol motifs (C(OH)–C–C–N with tert-alkyl or cyclic N) is 1. The number of aliphatic hydroxyl groups is 1. The molecule has 1 N–H and O–H groups in total. The molecule has 4 nitrogen and oxygen atoms in total. The first-order valence-electron chi connectivity index (χ1n) is 7.33. The van der Waals surface area contributed by atoms with Crippen molar-refractivity contribution in [1.82, 2.24) is 4.90 Å². The summed E-state index contributed by atoms with van der Waals surface area (Å²) in [5.41, 5.74) is 0.633. The maximum atomic E-state index is 12.3. The molecule has 20 heavy (non-hydrogen) atoms. The van der Waals surface area contributed by atoms with Gasteiger partial charge in [0.15, 0.2) is 0 Å². The summed E-state index contributed by atoms with van der Waals surface area (Å²) in [6, 6.07) is 9.74. The van der Waals surface area contributed by atoms with Gasteiger partial charge in [-0.05, 0) is 24.8 Å². The molecule has 1 amide bonds. The number of nitrogens with zero attached hydrogens (tertiary/aromatic N) is 1. The molecule has 2 heterocycles. The second-order valence-electron chi connectivity index (χ2n) is 5.78. The lowest BCUT2D eigenvalue weighted by Crippen LogP contribution is -2.56. The van der Waals surface area contributed by atoms with Crippen molar-refractivity contribution in [2.24, 2.45) is 0 Å². The van der Waals surface area contributed by atoms with Crippen LogP contribution in [0.25, 0.3) is 0 Å². The molecule has 0 radical (unpaired) electrons. The first-order valence-corrected chi connectivity index (χ1v) is 7.33. The zero-order chi connectivity index (χ0) is 14.0. The Morgan fingerprint density at radius 1 is 1.35 bits per heavy atom. The van der Waals surface area contributed by atoms with Crippen LogP contribution in [0.15, 0.2) is 30.3 Å². The topological polar surface area (TPSA) is 49.8 Å². The molecule has 2 fully saturated rings. The molecule has 3 rings (SSSR count). The summed E-state index contributed by atoms with van der Waals surface area (Å²) in [5.74, 6) is 0.0862. The summed E-state index contributed by atoms with van der Waals surface area (Å²) >= 11 is 0. The number of amides is 1. The van der Waals surface area contributed by atoms with E-state index in [1.165, 1.54) is 0 Å². The van der Waals surface area contributed by atoms with Crippen LogP contribution in [0.1, 0.15) is 24.8 Å². The smallest absolute Gasteiger partial charge is 0.227 e. The van der Waals surface area contributed by atoms with E-state index in [1.54, 1.807) is 4.90 Å². The lowest BCUT2D eigenvalue weighted by molar-refractivity contribution is -0.151. The fourth-order valence-corrected chi connectivity index (χ4v) is 3.25. The molecule has 1 aromatic carbocycles. The molecule has 108 valence electrons. The number of likely N-dealkylation sites (tertiary alicyclic amines) is 1. The van der Waals surface area contributed by atoms with E-state index < -0.39 is 6.10 Å². The second kappa shape index (κ2) is 5.54. The van der Waals surface area contributed by atoms with Gasteiger partial charge in [0, 0.05) is 19.7 Å². The minimum absolute atomic E-state index is 0.0862. The average Bonchev–Trinajstić information content (AvgIpc) is 2.93. The van der Waals surface area contributed by atoms with Gasteiger partial charge in [-0.1, -0.05) is 30.3 Å². The number of ether oxygens (including phenoxy) is 1. The molecule has 0 aromatic heterocycles. The Kier molecular flexibility index (Phi) is 3.76. The highest BCUT2D eigenvalue weighted by molar-refractivity contribution is 5.79. The van der Waals surface area contributed by atoms with E-state index in [1.807, 2.05) is 30.3 Å². The van der Waals surface area contributed by atoms with E-state index in [0.717, 1.165) is 31.4 Å². The minimum atomic E-state index is -0.557. The highest BCUT2D eigenvalue weighted by Gasteiger charge is 2.46. The first-order chi connectivity index (χ1) is 9.70. The molecule has 2 aliphatic heterocycles. The van der Waals surface area contributed by atoms with Gasteiger partial charge in [-0.2, -0.15) is 0 Å². The molecule has 0 unspecified atom stereocenters. The Morgan fingerprint density at radius 2 is 2.15 bits per heavy atom. The lowest BCUT2D eigenvalue weighted by atomic mass is 9.86. The average molecular weight is 275 g/mol. The number of aliphatic hydroxyl groups excluding tert-OH is 1. The molecule has 4 heteroatoms.